The molecule has 0 heterocycles. The lowest BCUT2D eigenvalue weighted by atomic mass is 9.92. The Bertz CT molecular complexity index is 831. The van der Waals surface area contributed by atoms with E-state index in [1.54, 1.807) is 36.2 Å². The summed E-state index contributed by atoms with van der Waals surface area (Å²) in [5, 5.41) is 0. The van der Waals surface area contributed by atoms with Crippen LogP contribution in [0.2, 0.25) is 0 Å². The molecule has 0 atom stereocenters. The minimum atomic E-state index is -0.183. The van der Waals surface area contributed by atoms with Crippen molar-refractivity contribution in [2.24, 2.45) is 11.1 Å². The Morgan fingerprint density at radius 3 is 2.15 bits per heavy atom. The third-order valence-electron chi connectivity index (χ3n) is 4.74. The molecule has 2 aromatic carbocycles. The van der Waals surface area contributed by atoms with E-state index >= 15 is 0 Å². The van der Waals surface area contributed by atoms with Gasteiger partial charge in [-0.25, -0.2) is 0 Å². The summed E-state index contributed by atoms with van der Waals surface area (Å²) in [7, 11) is 1.75. The Balaban J connectivity index is 0.00000364. The fraction of sp³-hybridized carbons (Fsp3) is 0.364. The maximum atomic E-state index is 13.0. The number of amides is 1. The van der Waals surface area contributed by atoms with E-state index in [1.165, 1.54) is 0 Å². The van der Waals surface area contributed by atoms with Crippen LogP contribution in [0.1, 0.15) is 51.3 Å². The molecule has 146 valence electrons. The Morgan fingerprint density at radius 1 is 1.00 bits per heavy atom. The zero-order valence-electron chi connectivity index (χ0n) is 16.7. The second kappa shape index (κ2) is 9.16. The molecule has 2 rings (SSSR count). The quantitative estimate of drug-likeness (QED) is 0.760. The summed E-state index contributed by atoms with van der Waals surface area (Å²) in [6.07, 6.45) is 0. The van der Waals surface area contributed by atoms with Crippen molar-refractivity contribution in [1.29, 1.82) is 0 Å². The highest BCUT2D eigenvalue weighted by Gasteiger charge is 2.25. The average Bonchev–Trinajstić information content (AvgIpc) is 2.62. The number of aryl methyl sites for hydroxylation is 2. The van der Waals surface area contributed by atoms with Crippen LogP contribution in [-0.4, -0.2) is 36.7 Å². The Morgan fingerprint density at radius 2 is 1.59 bits per heavy atom. The monoisotopic (exact) mass is 388 g/mol. The number of carbonyl (C=O) groups is 2. The summed E-state index contributed by atoms with van der Waals surface area (Å²) < 4.78 is 0. The maximum Gasteiger partial charge on any atom is 0.254 e. The van der Waals surface area contributed by atoms with E-state index in [9.17, 15) is 9.59 Å². The lowest BCUT2D eigenvalue weighted by molar-refractivity contribution is 0.0736. The molecule has 0 fully saturated rings. The molecule has 2 aromatic rings. The molecule has 0 spiro atoms. The fourth-order valence-electron chi connectivity index (χ4n) is 2.89. The van der Waals surface area contributed by atoms with E-state index in [0.29, 0.717) is 29.8 Å². The SMILES string of the molecule is Cc1ccc(C(=O)c2ccccc2C(=O)N(C)CC(C)(C)CN)cc1C.Cl. The van der Waals surface area contributed by atoms with Gasteiger partial charge >= 0.3 is 0 Å². The van der Waals surface area contributed by atoms with Crippen molar-refractivity contribution < 1.29 is 9.59 Å². The number of nitrogens with two attached hydrogens (primary N) is 1. The molecule has 0 aromatic heterocycles. The van der Waals surface area contributed by atoms with Gasteiger partial charge in [0.25, 0.3) is 5.91 Å². The molecule has 27 heavy (non-hydrogen) atoms. The van der Waals surface area contributed by atoms with E-state index < -0.39 is 0 Å². The van der Waals surface area contributed by atoms with Crippen molar-refractivity contribution in [3.8, 4) is 0 Å². The van der Waals surface area contributed by atoms with Gasteiger partial charge in [0, 0.05) is 24.7 Å². The van der Waals surface area contributed by atoms with Crippen LogP contribution in [0.3, 0.4) is 0 Å². The van der Waals surface area contributed by atoms with Gasteiger partial charge in [-0.05, 0) is 49.1 Å². The highest BCUT2D eigenvalue weighted by atomic mass is 35.5. The lowest BCUT2D eigenvalue weighted by Gasteiger charge is -2.29. The summed E-state index contributed by atoms with van der Waals surface area (Å²) >= 11 is 0. The lowest BCUT2D eigenvalue weighted by Crippen LogP contribution is -2.40. The van der Waals surface area contributed by atoms with Crippen molar-refractivity contribution in [1.82, 2.24) is 4.90 Å². The first-order valence-electron chi connectivity index (χ1n) is 8.83. The number of hydrogen-bond acceptors (Lipinski definition) is 3. The summed E-state index contributed by atoms with van der Waals surface area (Å²) in [5.41, 5.74) is 9.24. The molecule has 0 saturated heterocycles. The van der Waals surface area contributed by atoms with Crippen LogP contribution < -0.4 is 5.73 Å². The van der Waals surface area contributed by atoms with Crippen LogP contribution in [0.5, 0.6) is 0 Å². The summed E-state index contributed by atoms with van der Waals surface area (Å²) in [5.74, 6) is -0.303. The molecule has 0 unspecified atom stereocenters. The number of rotatable bonds is 6. The second-order valence-electron chi connectivity index (χ2n) is 7.70. The topological polar surface area (TPSA) is 63.4 Å². The molecule has 0 bridgehead atoms. The number of benzene rings is 2. The van der Waals surface area contributed by atoms with Gasteiger partial charge < -0.3 is 10.6 Å². The zero-order chi connectivity index (χ0) is 19.5. The molecule has 1 amide bonds. The van der Waals surface area contributed by atoms with E-state index in [0.717, 1.165) is 11.1 Å². The van der Waals surface area contributed by atoms with E-state index in [4.69, 9.17) is 5.73 Å². The van der Waals surface area contributed by atoms with Crippen LogP contribution in [0.15, 0.2) is 42.5 Å². The van der Waals surface area contributed by atoms with Crippen LogP contribution in [0.4, 0.5) is 0 Å². The number of nitrogens with zero attached hydrogens (tertiary/aromatic N) is 1. The molecule has 0 aliphatic carbocycles. The first-order valence-corrected chi connectivity index (χ1v) is 8.83. The molecule has 0 saturated carbocycles. The van der Waals surface area contributed by atoms with Crippen molar-refractivity contribution in [2.75, 3.05) is 20.1 Å². The molecule has 0 radical (unpaired) electrons. The third-order valence-corrected chi connectivity index (χ3v) is 4.74. The zero-order valence-corrected chi connectivity index (χ0v) is 17.5. The van der Waals surface area contributed by atoms with Crippen molar-refractivity contribution >= 4 is 24.1 Å². The molecule has 5 heteroatoms. The Hall–Kier alpha value is -2.17. The van der Waals surface area contributed by atoms with E-state index in [2.05, 4.69) is 0 Å². The Labute approximate surface area is 168 Å². The van der Waals surface area contributed by atoms with E-state index in [1.807, 2.05) is 45.9 Å². The highest BCUT2D eigenvalue weighted by molar-refractivity contribution is 6.15. The van der Waals surface area contributed by atoms with Gasteiger partial charge in [0.1, 0.15) is 0 Å². The van der Waals surface area contributed by atoms with Gasteiger partial charge in [-0.15, -0.1) is 12.4 Å². The molecule has 4 nitrogen and oxygen atoms in total. The number of ketones is 1. The standard InChI is InChI=1S/C22H28N2O2.ClH/c1-15-10-11-17(12-16(15)2)20(25)18-8-6-7-9-19(18)21(26)24(5)14-22(3,4)13-23;/h6-12H,13-14,23H2,1-5H3;1H. The smallest absolute Gasteiger partial charge is 0.254 e. The van der Waals surface area contributed by atoms with Crippen molar-refractivity contribution in [2.45, 2.75) is 27.7 Å². The molecule has 2 N–H and O–H groups in total. The average molecular weight is 389 g/mol. The van der Waals surface area contributed by atoms with Gasteiger partial charge in [0.05, 0.1) is 5.56 Å². The number of hydrogen-bond donors (Lipinski definition) is 1. The van der Waals surface area contributed by atoms with Crippen molar-refractivity contribution in [3.63, 3.8) is 0 Å². The van der Waals surface area contributed by atoms with Crippen LogP contribution >= 0.6 is 12.4 Å². The summed E-state index contributed by atoms with van der Waals surface area (Å²) in [6, 6.07) is 12.6. The highest BCUT2D eigenvalue weighted by Crippen LogP contribution is 2.20. The van der Waals surface area contributed by atoms with Gasteiger partial charge in [-0.3, -0.25) is 9.59 Å². The van der Waals surface area contributed by atoms with Gasteiger partial charge in [0.15, 0.2) is 5.78 Å². The van der Waals surface area contributed by atoms with Gasteiger partial charge in [0.2, 0.25) is 0 Å². The normalized spacial score (nSPS) is 10.9. The summed E-state index contributed by atoms with van der Waals surface area (Å²) in [6.45, 7) is 9.02. The first kappa shape index (κ1) is 22.9. The van der Waals surface area contributed by atoms with E-state index in [-0.39, 0.29) is 29.5 Å². The van der Waals surface area contributed by atoms with Crippen LogP contribution in [0, 0.1) is 19.3 Å². The van der Waals surface area contributed by atoms with Crippen LogP contribution in [-0.2, 0) is 0 Å². The number of halogens is 1. The minimum absolute atomic E-state index is 0. The predicted octanol–water partition coefficient (Wildman–Crippen LogP) is 4.01. The Kier molecular flexibility index (Phi) is 7.76. The molecular formula is C22H29ClN2O2. The minimum Gasteiger partial charge on any atom is -0.341 e. The van der Waals surface area contributed by atoms with Gasteiger partial charge in [-0.2, -0.15) is 0 Å². The van der Waals surface area contributed by atoms with Crippen molar-refractivity contribution in [3.05, 3.63) is 70.3 Å². The predicted molar refractivity (Wildman–Crippen MR) is 113 cm³/mol. The molecular weight excluding hydrogens is 360 g/mol. The maximum absolute atomic E-state index is 13.0. The first-order chi connectivity index (χ1) is 12.2. The largest absolute Gasteiger partial charge is 0.341 e. The second-order valence-corrected chi connectivity index (χ2v) is 7.70. The van der Waals surface area contributed by atoms with Gasteiger partial charge in [-0.1, -0.05) is 44.2 Å². The fourth-order valence-corrected chi connectivity index (χ4v) is 2.89. The third kappa shape index (κ3) is 5.41. The summed E-state index contributed by atoms with van der Waals surface area (Å²) in [4.78, 5) is 27.6. The van der Waals surface area contributed by atoms with Crippen LogP contribution in [0.25, 0.3) is 0 Å². The number of carbonyl (C=O) groups excluding carboxylic acids is 2. The molecule has 0 aliphatic rings. The molecule has 0 aliphatic heterocycles.